The molecule has 2 rings (SSSR count). The molecule has 0 spiro atoms. The van der Waals surface area contributed by atoms with Crippen LogP contribution >= 0.6 is 27.5 Å². The maximum atomic E-state index is 12.3. The molecule has 124 valence electrons. The number of halogens is 2. The lowest BCUT2D eigenvalue weighted by Crippen LogP contribution is -2.34. The summed E-state index contributed by atoms with van der Waals surface area (Å²) in [6.07, 6.45) is 0. The molecule has 0 saturated carbocycles. The first-order valence-electron chi connectivity index (χ1n) is 7.41. The molecule has 23 heavy (non-hydrogen) atoms. The van der Waals surface area contributed by atoms with Crippen molar-refractivity contribution in [3.8, 4) is 11.1 Å². The monoisotopic (exact) mass is 413 g/mol. The van der Waals surface area contributed by atoms with Crippen LogP contribution in [0.4, 0.5) is 0 Å². The van der Waals surface area contributed by atoms with E-state index in [2.05, 4.69) is 32.8 Å². The van der Waals surface area contributed by atoms with E-state index in [0.717, 1.165) is 21.2 Å². The zero-order valence-corrected chi connectivity index (χ0v) is 16.8. The molecule has 0 aromatic heterocycles. The molecule has 0 aliphatic heterocycles. The Bertz CT molecular complexity index is 727. The normalized spacial score (nSPS) is 14.5. The Morgan fingerprint density at radius 1 is 1.13 bits per heavy atom. The summed E-state index contributed by atoms with van der Waals surface area (Å²) in [5.41, 5.74) is 3.21. The Morgan fingerprint density at radius 3 is 2.43 bits per heavy atom. The number of benzene rings is 2. The Morgan fingerprint density at radius 2 is 1.83 bits per heavy atom. The molecule has 2 aromatic rings. The van der Waals surface area contributed by atoms with Crippen LogP contribution in [0.2, 0.25) is 5.02 Å². The van der Waals surface area contributed by atoms with Gasteiger partial charge in [-0.25, -0.2) is 8.93 Å². The van der Waals surface area contributed by atoms with Crippen molar-refractivity contribution in [2.45, 2.75) is 38.5 Å². The fraction of sp³-hybridized carbons (Fsp3) is 0.333. The molecule has 0 amide bonds. The molecule has 0 heterocycles. The maximum Gasteiger partial charge on any atom is 0.0975 e. The van der Waals surface area contributed by atoms with Crippen molar-refractivity contribution in [2.24, 2.45) is 0 Å². The van der Waals surface area contributed by atoms with Gasteiger partial charge in [0.15, 0.2) is 0 Å². The number of hydrogen-bond acceptors (Lipinski definition) is 1. The highest BCUT2D eigenvalue weighted by molar-refractivity contribution is 9.10. The molecular weight excluding hydrogens is 394 g/mol. The molecule has 0 aliphatic carbocycles. The van der Waals surface area contributed by atoms with Gasteiger partial charge < -0.3 is 0 Å². The van der Waals surface area contributed by atoms with E-state index in [1.165, 1.54) is 0 Å². The van der Waals surface area contributed by atoms with E-state index in [0.29, 0.717) is 5.02 Å². The highest BCUT2D eigenvalue weighted by Gasteiger charge is 2.22. The lowest BCUT2D eigenvalue weighted by atomic mass is 10.0. The van der Waals surface area contributed by atoms with E-state index >= 15 is 0 Å². The smallest absolute Gasteiger partial charge is 0.0975 e. The fourth-order valence-electron chi connectivity index (χ4n) is 2.10. The third kappa shape index (κ3) is 5.15. The molecule has 0 radical (unpaired) electrons. The summed E-state index contributed by atoms with van der Waals surface area (Å²) in [4.78, 5) is 0. The van der Waals surface area contributed by atoms with E-state index in [9.17, 15) is 4.21 Å². The summed E-state index contributed by atoms with van der Waals surface area (Å²) < 4.78 is 16.2. The first-order valence-corrected chi connectivity index (χ1v) is 9.73. The van der Waals surface area contributed by atoms with Crippen LogP contribution in [0.3, 0.4) is 0 Å². The van der Waals surface area contributed by atoms with Crippen molar-refractivity contribution >= 4 is 38.5 Å². The molecule has 2 unspecified atom stereocenters. The van der Waals surface area contributed by atoms with Gasteiger partial charge >= 0.3 is 0 Å². The minimum Gasteiger partial charge on any atom is -0.242 e. The van der Waals surface area contributed by atoms with Crippen LogP contribution in [0.5, 0.6) is 0 Å². The van der Waals surface area contributed by atoms with Crippen LogP contribution in [-0.4, -0.2) is 8.96 Å². The maximum absolute atomic E-state index is 12.3. The van der Waals surface area contributed by atoms with Crippen LogP contribution in [0.15, 0.2) is 46.9 Å². The second-order valence-corrected chi connectivity index (χ2v) is 9.85. The highest BCUT2D eigenvalue weighted by Crippen LogP contribution is 2.29. The zero-order valence-electron chi connectivity index (χ0n) is 13.7. The van der Waals surface area contributed by atoms with Crippen LogP contribution in [-0.2, 0) is 11.0 Å². The molecule has 1 N–H and O–H groups in total. The molecule has 2 nitrogen and oxygen atoms in total. The van der Waals surface area contributed by atoms with Crippen molar-refractivity contribution in [3.63, 3.8) is 0 Å². The van der Waals surface area contributed by atoms with Gasteiger partial charge in [0.1, 0.15) is 0 Å². The van der Waals surface area contributed by atoms with E-state index in [4.69, 9.17) is 11.6 Å². The van der Waals surface area contributed by atoms with Gasteiger partial charge in [-0.1, -0.05) is 39.7 Å². The van der Waals surface area contributed by atoms with Crippen molar-refractivity contribution < 1.29 is 4.21 Å². The average molecular weight is 415 g/mol. The van der Waals surface area contributed by atoms with Gasteiger partial charge in [0.05, 0.1) is 15.7 Å². The van der Waals surface area contributed by atoms with Crippen molar-refractivity contribution in [2.75, 3.05) is 0 Å². The van der Waals surface area contributed by atoms with E-state index < -0.39 is 11.0 Å². The predicted molar refractivity (Wildman–Crippen MR) is 104 cm³/mol. The van der Waals surface area contributed by atoms with Crippen LogP contribution in [0, 0.1) is 0 Å². The Hall–Kier alpha value is -0.680. The third-order valence-corrected chi connectivity index (χ3v) is 5.79. The molecule has 2 atom stereocenters. The molecular formula is C18H21BrClNOS. The molecule has 5 heteroatoms. The fourth-order valence-corrected chi connectivity index (χ4v) is 3.61. The summed E-state index contributed by atoms with van der Waals surface area (Å²) in [5.74, 6) is 0. The van der Waals surface area contributed by atoms with Crippen molar-refractivity contribution in [3.05, 3.63) is 57.5 Å². The minimum absolute atomic E-state index is 0.0227. The average Bonchev–Trinajstić information content (AvgIpc) is 2.45. The lowest BCUT2D eigenvalue weighted by molar-refractivity contribution is 0.616. The summed E-state index contributed by atoms with van der Waals surface area (Å²) in [7, 11) is -1.12. The largest absolute Gasteiger partial charge is 0.242 e. The minimum atomic E-state index is -1.12. The quantitative estimate of drug-likeness (QED) is 0.664. The van der Waals surface area contributed by atoms with Gasteiger partial charge in [0, 0.05) is 15.5 Å². The molecule has 0 fully saturated rings. The van der Waals surface area contributed by atoms with Gasteiger partial charge in [0.25, 0.3) is 0 Å². The van der Waals surface area contributed by atoms with E-state index in [1.54, 1.807) is 0 Å². The highest BCUT2D eigenvalue weighted by atomic mass is 79.9. The summed E-state index contributed by atoms with van der Waals surface area (Å²) in [6, 6.07) is 14.0. The van der Waals surface area contributed by atoms with Gasteiger partial charge in [0.2, 0.25) is 0 Å². The topological polar surface area (TPSA) is 29.1 Å². The summed E-state index contributed by atoms with van der Waals surface area (Å²) in [5, 5.41) is 0.712. The number of hydrogen-bond donors (Lipinski definition) is 1. The second-order valence-electron chi connectivity index (χ2n) is 6.50. The SMILES string of the molecule is CC(NS(=O)C(C)(C)C)c1cc(Br)cc(-c2cccc(Cl)c2)c1. The first kappa shape index (κ1) is 18.7. The molecule has 0 saturated heterocycles. The van der Waals surface area contributed by atoms with Gasteiger partial charge in [-0.2, -0.15) is 0 Å². The van der Waals surface area contributed by atoms with Crippen LogP contribution in [0.1, 0.15) is 39.3 Å². The molecule has 0 aliphatic rings. The standard InChI is InChI=1S/C18H21BrClNOS/c1-12(21-23(22)18(2,3)4)14-8-15(10-16(19)9-14)13-6-5-7-17(20)11-13/h5-12,21H,1-4H3. The summed E-state index contributed by atoms with van der Waals surface area (Å²) >= 11 is 9.66. The third-order valence-electron chi connectivity index (χ3n) is 3.42. The predicted octanol–water partition coefficient (Wildman–Crippen LogP) is 5.88. The van der Waals surface area contributed by atoms with Crippen LogP contribution < -0.4 is 4.72 Å². The van der Waals surface area contributed by atoms with Crippen molar-refractivity contribution in [1.29, 1.82) is 0 Å². The van der Waals surface area contributed by atoms with Gasteiger partial charge in [-0.05, 0) is 74.7 Å². The van der Waals surface area contributed by atoms with Crippen molar-refractivity contribution in [1.82, 2.24) is 4.72 Å². The zero-order chi connectivity index (χ0) is 17.2. The first-order chi connectivity index (χ1) is 10.7. The second kappa shape index (κ2) is 7.47. The van der Waals surface area contributed by atoms with Gasteiger partial charge in [-0.15, -0.1) is 0 Å². The number of nitrogens with one attached hydrogen (secondary N) is 1. The van der Waals surface area contributed by atoms with E-state index in [-0.39, 0.29) is 10.8 Å². The van der Waals surface area contributed by atoms with Crippen LogP contribution in [0.25, 0.3) is 11.1 Å². The Balaban J connectivity index is 2.32. The van der Waals surface area contributed by atoms with Gasteiger partial charge in [-0.3, -0.25) is 0 Å². The summed E-state index contributed by atoms with van der Waals surface area (Å²) in [6.45, 7) is 7.90. The Labute approximate surface area is 154 Å². The molecule has 0 bridgehead atoms. The molecule has 2 aromatic carbocycles. The van der Waals surface area contributed by atoms with E-state index in [1.807, 2.05) is 58.0 Å². The lowest BCUT2D eigenvalue weighted by Gasteiger charge is -2.22. The number of rotatable bonds is 4. The Kier molecular flexibility index (Phi) is 6.06.